The van der Waals surface area contributed by atoms with E-state index in [-0.39, 0.29) is 0 Å². The fraction of sp³-hybridized carbons (Fsp3) is 0.583. The van der Waals surface area contributed by atoms with E-state index < -0.39 is 0 Å². The minimum Gasteiger partial charge on any atom is -0.382 e. The van der Waals surface area contributed by atoms with E-state index in [1.165, 1.54) is 0 Å². The Morgan fingerprint density at radius 1 is 1.41 bits per heavy atom. The monoisotopic (exact) mass is 274 g/mol. The number of aryl methyl sites for hydroxylation is 1. The summed E-state index contributed by atoms with van der Waals surface area (Å²) in [7, 11) is 0. The molecule has 1 N–H and O–H groups in total. The Morgan fingerprint density at radius 3 is 2.76 bits per heavy atom. The van der Waals surface area contributed by atoms with Crippen molar-refractivity contribution < 1.29 is 4.74 Å². The van der Waals surface area contributed by atoms with Crippen LogP contribution in [0.2, 0.25) is 10.3 Å². The largest absolute Gasteiger partial charge is 0.382 e. The smallest absolute Gasteiger partial charge is 0.154 e. The SMILES string of the molecule is Cc1cc(Cl)nc(Cl)c1NCC1CCOCC1. The van der Waals surface area contributed by atoms with Gasteiger partial charge in [-0.2, -0.15) is 0 Å². The topological polar surface area (TPSA) is 34.2 Å². The summed E-state index contributed by atoms with van der Waals surface area (Å²) in [4.78, 5) is 4.04. The van der Waals surface area contributed by atoms with Crippen LogP contribution >= 0.6 is 23.2 Å². The molecule has 1 fully saturated rings. The Morgan fingerprint density at radius 2 is 2.12 bits per heavy atom. The van der Waals surface area contributed by atoms with Crippen molar-refractivity contribution in [1.82, 2.24) is 4.98 Å². The zero-order valence-electron chi connectivity index (χ0n) is 9.80. The van der Waals surface area contributed by atoms with Crippen molar-refractivity contribution in [3.63, 3.8) is 0 Å². The number of halogens is 2. The number of hydrogen-bond donors (Lipinski definition) is 1. The highest BCUT2D eigenvalue weighted by atomic mass is 35.5. The summed E-state index contributed by atoms with van der Waals surface area (Å²) in [6.45, 7) is 4.61. The lowest BCUT2D eigenvalue weighted by molar-refractivity contribution is 0.0699. The van der Waals surface area contributed by atoms with Gasteiger partial charge in [-0.1, -0.05) is 23.2 Å². The average Bonchev–Trinajstić information content (AvgIpc) is 2.29. The van der Waals surface area contributed by atoms with Gasteiger partial charge in [0.2, 0.25) is 0 Å². The van der Waals surface area contributed by atoms with Gasteiger partial charge in [0.05, 0.1) is 5.69 Å². The Balaban J connectivity index is 1.98. The van der Waals surface area contributed by atoms with Crippen LogP contribution in [0.3, 0.4) is 0 Å². The van der Waals surface area contributed by atoms with Gasteiger partial charge in [0.1, 0.15) is 5.15 Å². The molecule has 0 amide bonds. The van der Waals surface area contributed by atoms with Crippen LogP contribution in [0.15, 0.2) is 6.07 Å². The van der Waals surface area contributed by atoms with Crippen molar-refractivity contribution in [1.29, 1.82) is 0 Å². The first kappa shape index (κ1) is 12.9. The number of hydrogen-bond acceptors (Lipinski definition) is 3. The molecule has 0 spiro atoms. The number of ether oxygens (including phenoxy) is 1. The zero-order valence-corrected chi connectivity index (χ0v) is 11.3. The number of aromatic nitrogens is 1. The van der Waals surface area contributed by atoms with Crippen molar-refractivity contribution in [2.45, 2.75) is 19.8 Å². The molecule has 0 saturated carbocycles. The van der Waals surface area contributed by atoms with Gasteiger partial charge in [0.25, 0.3) is 0 Å². The van der Waals surface area contributed by atoms with Crippen LogP contribution in [0.4, 0.5) is 5.69 Å². The molecular formula is C12H16Cl2N2O. The molecule has 5 heteroatoms. The zero-order chi connectivity index (χ0) is 12.3. The quantitative estimate of drug-likeness (QED) is 0.857. The third kappa shape index (κ3) is 3.47. The summed E-state index contributed by atoms with van der Waals surface area (Å²) < 4.78 is 5.33. The second-order valence-corrected chi connectivity index (χ2v) is 5.11. The maximum atomic E-state index is 6.07. The van der Waals surface area contributed by atoms with E-state index >= 15 is 0 Å². The normalized spacial score (nSPS) is 17.1. The van der Waals surface area contributed by atoms with Crippen LogP contribution in [-0.4, -0.2) is 24.7 Å². The van der Waals surface area contributed by atoms with E-state index in [1.54, 1.807) is 0 Å². The van der Waals surface area contributed by atoms with Gasteiger partial charge in [0, 0.05) is 19.8 Å². The lowest BCUT2D eigenvalue weighted by Gasteiger charge is -2.23. The molecule has 17 heavy (non-hydrogen) atoms. The molecule has 3 nitrogen and oxygen atoms in total. The summed E-state index contributed by atoms with van der Waals surface area (Å²) in [5, 5.41) is 4.25. The molecule has 0 aromatic carbocycles. The van der Waals surface area contributed by atoms with Gasteiger partial charge < -0.3 is 10.1 Å². The van der Waals surface area contributed by atoms with Gasteiger partial charge in [-0.3, -0.25) is 0 Å². The van der Waals surface area contributed by atoms with E-state index in [9.17, 15) is 0 Å². The third-order valence-electron chi connectivity index (χ3n) is 3.05. The number of anilines is 1. The molecule has 0 atom stereocenters. The summed E-state index contributed by atoms with van der Waals surface area (Å²) >= 11 is 11.9. The predicted octanol–water partition coefficient (Wildman–Crippen LogP) is 3.54. The fourth-order valence-electron chi connectivity index (χ4n) is 2.00. The molecule has 94 valence electrons. The van der Waals surface area contributed by atoms with Crippen LogP contribution in [0.1, 0.15) is 18.4 Å². The first-order valence-corrected chi connectivity index (χ1v) is 6.56. The van der Waals surface area contributed by atoms with Crippen molar-refractivity contribution >= 4 is 28.9 Å². The minimum absolute atomic E-state index is 0.434. The molecule has 0 bridgehead atoms. The Bertz CT molecular complexity index is 369. The van der Waals surface area contributed by atoms with Crippen molar-refractivity contribution in [2.24, 2.45) is 5.92 Å². The first-order chi connectivity index (χ1) is 8.16. The van der Waals surface area contributed by atoms with E-state index in [4.69, 9.17) is 27.9 Å². The van der Waals surface area contributed by atoms with Crippen LogP contribution < -0.4 is 5.32 Å². The van der Waals surface area contributed by atoms with Gasteiger partial charge in [-0.25, -0.2) is 4.98 Å². The van der Waals surface area contributed by atoms with Crippen LogP contribution in [0.5, 0.6) is 0 Å². The highest BCUT2D eigenvalue weighted by Gasteiger charge is 2.15. The van der Waals surface area contributed by atoms with Crippen LogP contribution in [0, 0.1) is 12.8 Å². The van der Waals surface area contributed by atoms with Gasteiger partial charge in [-0.15, -0.1) is 0 Å². The number of nitrogens with one attached hydrogen (secondary N) is 1. The second kappa shape index (κ2) is 5.89. The molecule has 1 aliphatic heterocycles. The molecule has 1 saturated heterocycles. The highest BCUT2D eigenvalue weighted by Crippen LogP contribution is 2.27. The molecule has 2 rings (SSSR count). The summed E-state index contributed by atoms with van der Waals surface area (Å²) in [6, 6.07) is 1.82. The standard InChI is InChI=1S/C12H16Cl2N2O/c1-8-6-10(13)16-12(14)11(8)15-7-9-2-4-17-5-3-9/h6,9,15H,2-5,7H2,1H3. The van der Waals surface area contributed by atoms with Crippen molar-refractivity contribution in [3.8, 4) is 0 Å². The second-order valence-electron chi connectivity index (χ2n) is 4.36. The molecular weight excluding hydrogens is 259 g/mol. The molecule has 2 heterocycles. The van der Waals surface area contributed by atoms with Crippen LogP contribution in [-0.2, 0) is 4.74 Å². The Kier molecular flexibility index (Phi) is 4.48. The fourth-order valence-corrected chi connectivity index (χ4v) is 2.60. The van der Waals surface area contributed by atoms with E-state index in [0.29, 0.717) is 16.2 Å². The van der Waals surface area contributed by atoms with Gasteiger partial charge in [0.15, 0.2) is 5.15 Å². The average molecular weight is 275 g/mol. The van der Waals surface area contributed by atoms with Gasteiger partial charge in [-0.05, 0) is 37.3 Å². The predicted molar refractivity (Wildman–Crippen MR) is 71.0 cm³/mol. The molecule has 1 aromatic rings. The van der Waals surface area contributed by atoms with E-state index in [1.807, 2.05) is 13.0 Å². The number of rotatable bonds is 3. The molecule has 0 aliphatic carbocycles. The molecule has 1 aromatic heterocycles. The molecule has 0 unspecified atom stereocenters. The Labute approximate surface area is 111 Å². The summed E-state index contributed by atoms with van der Waals surface area (Å²) in [5.41, 5.74) is 1.92. The van der Waals surface area contributed by atoms with Gasteiger partial charge >= 0.3 is 0 Å². The van der Waals surface area contributed by atoms with Crippen molar-refractivity contribution in [3.05, 3.63) is 21.9 Å². The lowest BCUT2D eigenvalue weighted by atomic mass is 10.0. The number of pyridine rings is 1. The summed E-state index contributed by atoms with van der Waals surface area (Å²) in [6.07, 6.45) is 2.20. The molecule has 1 aliphatic rings. The van der Waals surface area contributed by atoms with Crippen LogP contribution in [0.25, 0.3) is 0 Å². The lowest BCUT2D eigenvalue weighted by Crippen LogP contribution is -2.23. The first-order valence-electron chi connectivity index (χ1n) is 5.81. The van der Waals surface area contributed by atoms with E-state index in [0.717, 1.165) is 43.9 Å². The maximum absolute atomic E-state index is 6.07. The minimum atomic E-state index is 0.434. The van der Waals surface area contributed by atoms with E-state index in [2.05, 4.69) is 10.3 Å². The number of nitrogens with zero attached hydrogens (tertiary/aromatic N) is 1. The molecule has 0 radical (unpaired) electrons. The summed E-state index contributed by atoms with van der Waals surface area (Å²) in [5.74, 6) is 0.648. The maximum Gasteiger partial charge on any atom is 0.154 e. The third-order valence-corrected chi connectivity index (χ3v) is 3.52. The Hall–Kier alpha value is -0.510. The van der Waals surface area contributed by atoms with Crippen molar-refractivity contribution in [2.75, 3.05) is 25.1 Å². The highest BCUT2D eigenvalue weighted by molar-refractivity contribution is 6.34.